The van der Waals surface area contributed by atoms with E-state index in [0.717, 1.165) is 0 Å². The van der Waals surface area contributed by atoms with Crippen LogP contribution in [0.1, 0.15) is 12.6 Å². The number of nitrogens with zero attached hydrogens (tertiary/aromatic N) is 1. The van der Waals surface area contributed by atoms with Gasteiger partial charge in [-0.05, 0) is 6.92 Å². The topological polar surface area (TPSA) is 74.3 Å². The molecule has 1 heterocycles. The van der Waals surface area contributed by atoms with E-state index in [1.165, 1.54) is 19.2 Å². The van der Waals surface area contributed by atoms with Crippen LogP contribution < -0.4 is 15.9 Å². The molecule has 0 fully saturated rings. The molecule has 0 aromatic carbocycles. The van der Waals surface area contributed by atoms with Gasteiger partial charge >= 0.3 is 0 Å². The maximum atomic E-state index is 11.6. The molecule has 1 aromatic heterocycles. The van der Waals surface area contributed by atoms with Crippen LogP contribution in [0.25, 0.3) is 0 Å². The SMILES string of the molecule is CC(Oc1cn(C)c(CCl)cc1=O)C(N)=O. The van der Waals surface area contributed by atoms with E-state index in [1.807, 2.05) is 0 Å². The van der Waals surface area contributed by atoms with Crippen LogP contribution in [0.5, 0.6) is 5.75 Å². The van der Waals surface area contributed by atoms with Gasteiger partial charge in [-0.25, -0.2) is 0 Å². The Hall–Kier alpha value is -1.49. The number of hydrogen-bond donors (Lipinski definition) is 1. The minimum absolute atomic E-state index is 0.0858. The lowest BCUT2D eigenvalue weighted by Crippen LogP contribution is -2.32. The fourth-order valence-electron chi connectivity index (χ4n) is 1.12. The van der Waals surface area contributed by atoms with Crippen molar-refractivity contribution in [2.45, 2.75) is 18.9 Å². The number of rotatable bonds is 4. The van der Waals surface area contributed by atoms with Gasteiger partial charge in [0.2, 0.25) is 5.43 Å². The molecule has 88 valence electrons. The van der Waals surface area contributed by atoms with Crippen LogP contribution in [-0.2, 0) is 17.7 Å². The normalized spacial score (nSPS) is 12.2. The van der Waals surface area contributed by atoms with E-state index < -0.39 is 12.0 Å². The maximum Gasteiger partial charge on any atom is 0.258 e. The van der Waals surface area contributed by atoms with E-state index >= 15 is 0 Å². The maximum absolute atomic E-state index is 11.6. The molecule has 0 aliphatic carbocycles. The van der Waals surface area contributed by atoms with E-state index in [2.05, 4.69) is 0 Å². The first-order chi connectivity index (χ1) is 7.45. The smallest absolute Gasteiger partial charge is 0.258 e. The molecule has 2 N–H and O–H groups in total. The highest BCUT2D eigenvalue weighted by atomic mass is 35.5. The quantitative estimate of drug-likeness (QED) is 0.778. The molecule has 0 saturated carbocycles. The second-order valence-electron chi connectivity index (χ2n) is 3.40. The summed E-state index contributed by atoms with van der Waals surface area (Å²) >= 11 is 5.64. The minimum Gasteiger partial charge on any atom is -0.475 e. The fourth-order valence-corrected chi connectivity index (χ4v) is 1.38. The number of aromatic nitrogens is 1. The van der Waals surface area contributed by atoms with Crippen molar-refractivity contribution in [1.82, 2.24) is 4.57 Å². The van der Waals surface area contributed by atoms with Crippen molar-refractivity contribution in [3.63, 3.8) is 0 Å². The monoisotopic (exact) mass is 244 g/mol. The third-order valence-corrected chi connectivity index (χ3v) is 2.42. The highest BCUT2D eigenvalue weighted by molar-refractivity contribution is 6.16. The van der Waals surface area contributed by atoms with Crippen molar-refractivity contribution in [2.75, 3.05) is 0 Å². The Morgan fingerprint density at radius 1 is 1.69 bits per heavy atom. The number of carbonyl (C=O) groups is 1. The number of primary amides is 1. The van der Waals surface area contributed by atoms with Gasteiger partial charge in [-0.2, -0.15) is 0 Å². The lowest BCUT2D eigenvalue weighted by atomic mass is 10.3. The molecule has 16 heavy (non-hydrogen) atoms. The van der Waals surface area contributed by atoms with Crippen molar-refractivity contribution in [3.05, 3.63) is 28.2 Å². The summed E-state index contributed by atoms with van der Waals surface area (Å²) in [6, 6.07) is 1.37. The van der Waals surface area contributed by atoms with Gasteiger partial charge in [0.15, 0.2) is 11.9 Å². The van der Waals surface area contributed by atoms with Gasteiger partial charge < -0.3 is 15.0 Å². The van der Waals surface area contributed by atoms with Crippen molar-refractivity contribution in [3.8, 4) is 5.75 Å². The van der Waals surface area contributed by atoms with E-state index in [0.29, 0.717) is 5.69 Å². The molecule has 1 unspecified atom stereocenters. The molecule has 1 aromatic rings. The van der Waals surface area contributed by atoms with Crippen LogP contribution >= 0.6 is 11.6 Å². The fraction of sp³-hybridized carbons (Fsp3) is 0.400. The highest BCUT2D eigenvalue weighted by Crippen LogP contribution is 2.09. The molecular weight excluding hydrogens is 232 g/mol. The summed E-state index contributed by atoms with van der Waals surface area (Å²) in [5.41, 5.74) is 5.39. The van der Waals surface area contributed by atoms with Crippen LogP contribution in [0, 0.1) is 0 Å². The number of halogens is 1. The summed E-state index contributed by atoms with van der Waals surface area (Å²) in [5.74, 6) is -0.302. The van der Waals surface area contributed by atoms with Crippen LogP contribution in [0.15, 0.2) is 17.1 Å². The van der Waals surface area contributed by atoms with Crippen LogP contribution in [0.2, 0.25) is 0 Å². The molecule has 0 bridgehead atoms. The number of alkyl halides is 1. The van der Waals surface area contributed by atoms with Gasteiger partial charge in [0, 0.05) is 18.8 Å². The Labute approximate surface area is 97.8 Å². The lowest BCUT2D eigenvalue weighted by Gasteiger charge is -2.13. The largest absolute Gasteiger partial charge is 0.475 e. The Bertz CT molecular complexity index is 456. The summed E-state index contributed by atoms with van der Waals surface area (Å²) in [5, 5.41) is 0. The number of amides is 1. The second-order valence-corrected chi connectivity index (χ2v) is 3.67. The van der Waals surface area contributed by atoms with E-state index in [9.17, 15) is 9.59 Å². The predicted molar refractivity (Wildman–Crippen MR) is 60.5 cm³/mol. The summed E-state index contributed by atoms with van der Waals surface area (Å²) in [4.78, 5) is 22.4. The molecule has 0 spiro atoms. The third kappa shape index (κ3) is 2.76. The summed E-state index contributed by atoms with van der Waals surface area (Å²) in [6.45, 7) is 1.48. The zero-order valence-corrected chi connectivity index (χ0v) is 9.82. The van der Waals surface area contributed by atoms with E-state index in [1.54, 1.807) is 11.6 Å². The number of ether oxygens (including phenoxy) is 1. The van der Waals surface area contributed by atoms with Crippen molar-refractivity contribution >= 4 is 17.5 Å². The van der Waals surface area contributed by atoms with Crippen molar-refractivity contribution < 1.29 is 9.53 Å². The van der Waals surface area contributed by atoms with Gasteiger partial charge in [0.1, 0.15) is 0 Å². The Morgan fingerprint density at radius 2 is 2.31 bits per heavy atom. The van der Waals surface area contributed by atoms with Crippen LogP contribution in [0.3, 0.4) is 0 Å². The van der Waals surface area contributed by atoms with Gasteiger partial charge in [0.25, 0.3) is 5.91 Å². The molecule has 6 heteroatoms. The standard InChI is InChI=1S/C10H13ClN2O3/c1-6(10(12)15)16-9-5-13(2)7(4-11)3-8(9)14/h3,5-6H,4H2,1-2H3,(H2,12,15). The van der Waals surface area contributed by atoms with Crippen LogP contribution in [0.4, 0.5) is 0 Å². The average Bonchev–Trinajstić information content (AvgIpc) is 2.22. The lowest BCUT2D eigenvalue weighted by molar-refractivity contribution is -0.124. The third-order valence-electron chi connectivity index (χ3n) is 2.15. The average molecular weight is 245 g/mol. The van der Waals surface area contributed by atoms with E-state index in [4.69, 9.17) is 22.1 Å². The molecular formula is C10H13ClN2O3. The second kappa shape index (κ2) is 5.03. The highest BCUT2D eigenvalue weighted by Gasteiger charge is 2.13. The summed E-state index contributed by atoms with van der Waals surface area (Å²) in [7, 11) is 1.74. The van der Waals surface area contributed by atoms with Gasteiger partial charge in [-0.3, -0.25) is 9.59 Å². The van der Waals surface area contributed by atoms with Gasteiger partial charge in [-0.1, -0.05) is 0 Å². The van der Waals surface area contributed by atoms with Crippen molar-refractivity contribution in [2.24, 2.45) is 12.8 Å². The van der Waals surface area contributed by atoms with Crippen molar-refractivity contribution in [1.29, 1.82) is 0 Å². The molecule has 5 nitrogen and oxygen atoms in total. The minimum atomic E-state index is -0.838. The van der Waals surface area contributed by atoms with Crippen LogP contribution in [-0.4, -0.2) is 16.6 Å². The molecule has 0 radical (unpaired) electrons. The number of aryl methyl sites for hydroxylation is 1. The summed E-state index contributed by atoms with van der Waals surface area (Å²) < 4.78 is 6.80. The predicted octanol–water partition coefficient (Wildman–Crippen LogP) is 0.377. The Kier molecular flexibility index (Phi) is 3.95. The first kappa shape index (κ1) is 12.6. The molecule has 0 aliphatic heterocycles. The first-order valence-electron chi connectivity index (χ1n) is 4.67. The molecule has 1 amide bonds. The molecule has 1 atom stereocenters. The van der Waals surface area contributed by atoms with Gasteiger partial charge in [0.05, 0.1) is 12.1 Å². The summed E-state index contributed by atoms with van der Waals surface area (Å²) in [6.07, 6.45) is 0.647. The number of carbonyl (C=O) groups excluding carboxylic acids is 1. The van der Waals surface area contributed by atoms with Gasteiger partial charge in [-0.15, -0.1) is 11.6 Å². The first-order valence-corrected chi connectivity index (χ1v) is 5.20. The van der Waals surface area contributed by atoms with E-state index in [-0.39, 0.29) is 17.1 Å². The molecule has 0 saturated heterocycles. The zero-order chi connectivity index (χ0) is 12.3. The number of nitrogens with two attached hydrogens (primary N) is 1. The Morgan fingerprint density at radius 3 is 2.81 bits per heavy atom. The number of pyridine rings is 1. The molecule has 0 aliphatic rings. The number of hydrogen-bond acceptors (Lipinski definition) is 3. The molecule has 1 rings (SSSR count). The zero-order valence-electron chi connectivity index (χ0n) is 9.07. The Balaban J connectivity index is 3.03.